The molecular formula is C17H14Cl2N2O3. The van der Waals surface area contributed by atoms with Crippen LogP contribution in [0.15, 0.2) is 42.6 Å². The minimum absolute atomic E-state index is 0.0816. The summed E-state index contributed by atoms with van der Waals surface area (Å²) in [7, 11) is 0. The van der Waals surface area contributed by atoms with Gasteiger partial charge in [-0.1, -0.05) is 55.2 Å². The van der Waals surface area contributed by atoms with E-state index in [1.807, 2.05) is 30.5 Å². The van der Waals surface area contributed by atoms with E-state index in [1.54, 1.807) is 4.73 Å². The fourth-order valence-electron chi connectivity index (χ4n) is 2.55. The molecule has 3 aromatic rings. The number of benzene rings is 2. The molecule has 0 spiro atoms. The molecule has 0 aliphatic heterocycles. The van der Waals surface area contributed by atoms with Gasteiger partial charge in [0, 0.05) is 23.7 Å². The summed E-state index contributed by atoms with van der Waals surface area (Å²) >= 11 is 12.2. The van der Waals surface area contributed by atoms with Crippen molar-refractivity contribution in [2.75, 3.05) is 0 Å². The SMILES string of the molecule is CC(C)c1cn(Oc2c(Cl)cc([N+](=O)[O-])cc2Cl)c2ccccc12. The van der Waals surface area contributed by atoms with E-state index in [9.17, 15) is 10.1 Å². The smallest absolute Gasteiger partial charge is 0.272 e. The van der Waals surface area contributed by atoms with E-state index >= 15 is 0 Å². The predicted octanol–water partition coefficient (Wildman–Crippen LogP) is 5.82. The lowest BCUT2D eigenvalue weighted by atomic mass is 10.0. The highest BCUT2D eigenvalue weighted by atomic mass is 35.5. The second-order valence-corrected chi connectivity index (χ2v) is 6.48. The fourth-order valence-corrected chi connectivity index (χ4v) is 3.09. The van der Waals surface area contributed by atoms with Crippen molar-refractivity contribution in [1.29, 1.82) is 0 Å². The van der Waals surface area contributed by atoms with E-state index in [0.29, 0.717) is 5.92 Å². The highest BCUT2D eigenvalue weighted by molar-refractivity contribution is 6.37. The zero-order chi connectivity index (χ0) is 17.4. The lowest BCUT2D eigenvalue weighted by molar-refractivity contribution is -0.384. The van der Waals surface area contributed by atoms with Gasteiger partial charge in [-0.3, -0.25) is 10.1 Å². The maximum atomic E-state index is 10.9. The largest absolute Gasteiger partial charge is 0.372 e. The second-order valence-electron chi connectivity index (χ2n) is 5.67. The normalized spacial score (nSPS) is 11.2. The van der Waals surface area contributed by atoms with Crippen molar-refractivity contribution in [2.24, 2.45) is 0 Å². The Labute approximate surface area is 148 Å². The number of hydrogen-bond donors (Lipinski definition) is 0. The van der Waals surface area contributed by atoms with Crippen molar-refractivity contribution in [1.82, 2.24) is 4.73 Å². The lowest BCUT2D eigenvalue weighted by Gasteiger charge is -2.11. The van der Waals surface area contributed by atoms with Crippen LogP contribution in [0.5, 0.6) is 5.75 Å². The Kier molecular flexibility index (Phi) is 4.39. The molecule has 3 rings (SSSR count). The van der Waals surface area contributed by atoms with Crippen LogP contribution in [-0.2, 0) is 0 Å². The molecule has 124 valence electrons. The van der Waals surface area contributed by atoms with Gasteiger partial charge < -0.3 is 4.84 Å². The summed E-state index contributed by atoms with van der Waals surface area (Å²) in [6, 6.07) is 10.3. The first kappa shape index (κ1) is 16.6. The van der Waals surface area contributed by atoms with Gasteiger partial charge in [0.15, 0.2) is 5.75 Å². The minimum atomic E-state index is -0.552. The van der Waals surface area contributed by atoms with Crippen molar-refractivity contribution in [3.8, 4) is 5.75 Å². The molecule has 0 N–H and O–H groups in total. The number of aromatic nitrogens is 1. The molecule has 2 aromatic carbocycles. The molecule has 0 radical (unpaired) electrons. The third kappa shape index (κ3) is 2.92. The number of rotatable bonds is 4. The average Bonchev–Trinajstić information content (AvgIpc) is 2.89. The summed E-state index contributed by atoms with van der Waals surface area (Å²) in [5, 5.41) is 12.1. The number of halogens is 2. The Morgan fingerprint density at radius 1 is 1.17 bits per heavy atom. The zero-order valence-corrected chi connectivity index (χ0v) is 14.5. The van der Waals surface area contributed by atoms with Crippen LogP contribution in [0.1, 0.15) is 25.3 Å². The highest BCUT2D eigenvalue weighted by Gasteiger charge is 2.18. The maximum Gasteiger partial charge on any atom is 0.272 e. The third-order valence-corrected chi connectivity index (χ3v) is 4.28. The molecular weight excluding hydrogens is 351 g/mol. The Bertz CT molecular complexity index is 912. The van der Waals surface area contributed by atoms with Crippen molar-refractivity contribution < 1.29 is 9.76 Å². The van der Waals surface area contributed by atoms with Gasteiger partial charge in [-0.05, 0) is 17.5 Å². The molecule has 5 nitrogen and oxygen atoms in total. The Morgan fingerprint density at radius 3 is 2.38 bits per heavy atom. The van der Waals surface area contributed by atoms with Gasteiger partial charge in [0.25, 0.3) is 5.69 Å². The van der Waals surface area contributed by atoms with Crippen LogP contribution in [-0.4, -0.2) is 9.65 Å². The van der Waals surface area contributed by atoms with Gasteiger partial charge >= 0.3 is 0 Å². The van der Waals surface area contributed by atoms with Crippen molar-refractivity contribution in [3.05, 3.63) is 68.3 Å². The standard InChI is InChI=1S/C17H14Cl2N2O3/c1-10(2)13-9-20(16-6-4-3-5-12(13)16)24-17-14(18)7-11(21(22)23)8-15(17)19/h3-10H,1-2H3. The van der Waals surface area contributed by atoms with Crippen molar-refractivity contribution in [3.63, 3.8) is 0 Å². The van der Waals surface area contributed by atoms with Gasteiger partial charge in [0.2, 0.25) is 0 Å². The van der Waals surface area contributed by atoms with Crippen LogP contribution < -0.4 is 4.84 Å². The molecule has 7 heteroatoms. The number of non-ortho nitro benzene ring substituents is 1. The Balaban J connectivity index is 2.10. The molecule has 1 aromatic heterocycles. The van der Waals surface area contributed by atoms with E-state index in [0.717, 1.165) is 16.5 Å². The zero-order valence-electron chi connectivity index (χ0n) is 13.0. The summed E-state index contributed by atoms with van der Waals surface area (Å²) in [5.74, 6) is 0.488. The van der Waals surface area contributed by atoms with Crippen molar-refractivity contribution >= 4 is 39.8 Å². The molecule has 0 atom stereocenters. The van der Waals surface area contributed by atoms with Crippen LogP contribution in [0.25, 0.3) is 10.9 Å². The fraction of sp³-hybridized carbons (Fsp3) is 0.176. The molecule has 0 unspecified atom stereocenters. The highest BCUT2D eigenvalue weighted by Crippen LogP contribution is 2.38. The lowest BCUT2D eigenvalue weighted by Crippen LogP contribution is -2.04. The molecule has 0 fully saturated rings. The number of nitro benzene ring substituents is 1. The molecule has 0 aliphatic carbocycles. The third-order valence-electron chi connectivity index (χ3n) is 3.71. The molecule has 0 saturated carbocycles. The van der Waals surface area contributed by atoms with Crippen LogP contribution in [0.2, 0.25) is 10.0 Å². The number of nitro groups is 1. The van der Waals surface area contributed by atoms with E-state index < -0.39 is 4.92 Å². The topological polar surface area (TPSA) is 57.3 Å². The molecule has 1 heterocycles. The number of hydrogen-bond acceptors (Lipinski definition) is 3. The number of para-hydroxylation sites is 1. The summed E-state index contributed by atoms with van der Waals surface area (Å²) in [5.41, 5.74) is 1.81. The summed E-state index contributed by atoms with van der Waals surface area (Å²) in [6.07, 6.45) is 1.88. The van der Waals surface area contributed by atoms with Crippen LogP contribution >= 0.6 is 23.2 Å². The first-order valence-corrected chi connectivity index (χ1v) is 8.06. The molecule has 0 saturated heterocycles. The molecule has 0 aliphatic rings. The quantitative estimate of drug-likeness (QED) is 0.432. The van der Waals surface area contributed by atoms with Gasteiger partial charge in [0.05, 0.1) is 20.5 Å². The van der Waals surface area contributed by atoms with Gasteiger partial charge in [0.1, 0.15) is 0 Å². The van der Waals surface area contributed by atoms with E-state index in [-0.39, 0.29) is 21.5 Å². The molecule has 0 bridgehead atoms. The second kappa shape index (κ2) is 6.34. The average molecular weight is 365 g/mol. The summed E-state index contributed by atoms with van der Waals surface area (Å²) < 4.78 is 1.59. The van der Waals surface area contributed by atoms with E-state index in [2.05, 4.69) is 13.8 Å². The maximum absolute atomic E-state index is 10.9. The summed E-state index contributed by atoms with van der Waals surface area (Å²) in [4.78, 5) is 16.2. The van der Waals surface area contributed by atoms with Crippen LogP contribution in [0.4, 0.5) is 5.69 Å². The summed E-state index contributed by atoms with van der Waals surface area (Å²) in [6.45, 7) is 4.19. The Hall–Kier alpha value is -2.24. The monoisotopic (exact) mass is 364 g/mol. The van der Waals surface area contributed by atoms with Crippen molar-refractivity contribution in [2.45, 2.75) is 19.8 Å². The molecule has 0 amide bonds. The first-order valence-electron chi connectivity index (χ1n) is 7.30. The van der Waals surface area contributed by atoms with Crippen LogP contribution in [0.3, 0.4) is 0 Å². The van der Waals surface area contributed by atoms with Gasteiger partial charge in [-0.25, -0.2) is 0 Å². The van der Waals surface area contributed by atoms with Crippen LogP contribution in [0, 0.1) is 10.1 Å². The number of nitrogens with zero attached hydrogens (tertiary/aromatic N) is 2. The van der Waals surface area contributed by atoms with Gasteiger partial charge in [-0.2, -0.15) is 4.73 Å². The number of fused-ring (bicyclic) bond motifs is 1. The first-order chi connectivity index (χ1) is 11.4. The van der Waals surface area contributed by atoms with E-state index in [4.69, 9.17) is 28.0 Å². The predicted molar refractivity (Wildman–Crippen MR) is 95.2 cm³/mol. The van der Waals surface area contributed by atoms with Gasteiger partial charge in [-0.15, -0.1) is 0 Å². The minimum Gasteiger partial charge on any atom is -0.372 e. The Morgan fingerprint density at radius 2 is 1.79 bits per heavy atom. The van der Waals surface area contributed by atoms with E-state index in [1.165, 1.54) is 12.1 Å². The molecule has 24 heavy (non-hydrogen) atoms.